The monoisotopic (exact) mass is 329 g/mol. The largest absolute Gasteiger partial charge is 0.324 e. The molecule has 25 heavy (non-hydrogen) atoms. The highest BCUT2D eigenvalue weighted by Gasteiger charge is 2.08. The molecule has 0 aliphatic heterocycles. The van der Waals surface area contributed by atoms with E-state index >= 15 is 0 Å². The van der Waals surface area contributed by atoms with E-state index in [-0.39, 0.29) is 5.91 Å². The van der Waals surface area contributed by atoms with Crippen LogP contribution in [0.4, 0.5) is 17.3 Å². The van der Waals surface area contributed by atoms with Gasteiger partial charge >= 0.3 is 0 Å². The minimum Gasteiger partial charge on any atom is -0.324 e. The Balaban J connectivity index is 1.68. The molecule has 0 fully saturated rings. The molecule has 0 radical (unpaired) electrons. The first kappa shape index (κ1) is 16.1. The number of nitrogens with one attached hydrogen (secondary N) is 2. The molecule has 2 N–H and O–H groups in total. The maximum atomic E-state index is 12.2. The number of carbonyl (C=O) groups excluding carboxylic acids is 1. The third-order valence-corrected chi connectivity index (χ3v) is 3.47. The van der Waals surface area contributed by atoms with Gasteiger partial charge in [-0.1, -0.05) is 23.8 Å². The zero-order valence-corrected chi connectivity index (χ0v) is 13.5. The summed E-state index contributed by atoms with van der Waals surface area (Å²) in [4.78, 5) is 20.5. The maximum Gasteiger partial charge on any atom is 0.258 e. The van der Waals surface area contributed by atoms with Gasteiger partial charge < -0.3 is 10.6 Å². The first-order chi connectivity index (χ1) is 12.1. The lowest BCUT2D eigenvalue weighted by molar-refractivity contribution is 0.102. The van der Waals surface area contributed by atoms with Crippen molar-refractivity contribution in [1.82, 2.24) is 9.97 Å². The Bertz CT molecular complexity index is 927. The molecule has 0 atom stereocenters. The molecule has 0 saturated carbocycles. The molecular weight excluding hydrogens is 314 g/mol. The highest BCUT2D eigenvalue weighted by atomic mass is 16.1. The molecule has 0 saturated heterocycles. The number of hydrogen-bond acceptors (Lipinski definition) is 5. The number of amides is 1. The van der Waals surface area contributed by atoms with E-state index in [1.54, 1.807) is 18.2 Å². The molecule has 1 aromatic heterocycles. The molecule has 1 heterocycles. The van der Waals surface area contributed by atoms with Crippen molar-refractivity contribution in [1.29, 1.82) is 5.26 Å². The molecule has 122 valence electrons. The van der Waals surface area contributed by atoms with Crippen molar-refractivity contribution in [2.24, 2.45) is 0 Å². The first-order valence-electron chi connectivity index (χ1n) is 7.61. The van der Waals surface area contributed by atoms with Gasteiger partial charge in [0.05, 0.1) is 17.2 Å². The SMILES string of the molecule is Cc1ccc(NC(=O)c2cnc(Nc3cccc(C#N)c3)nc2)cc1. The molecule has 1 amide bonds. The van der Waals surface area contributed by atoms with E-state index in [1.165, 1.54) is 12.4 Å². The summed E-state index contributed by atoms with van der Waals surface area (Å²) in [6.07, 6.45) is 2.90. The lowest BCUT2D eigenvalue weighted by atomic mass is 10.2. The zero-order chi connectivity index (χ0) is 17.6. The third kappa shape index (κ3) is 4.18. The van der Waals surface area contributed by atoms with Gasteiger partial charge in [0.2, 0.25) is 5.95 Å². The molecule has 0 bridgehead atoms. The lowest BCUT2D eigenvalue weighted by Gasteiger charge is -2.07. The number of anilines is 3. The smallest absolute Gasteiger partial charge is 0.258 e. The highest BCUT2D eigenvalue weighted by Crippen LogP contribution is 2.15. The van der Waals surface area contributed by atoms with Gasteiger partial charge in [-0.2, -0.15) is 5.26 Å². The summed E-state index contributed by atoms with van der Waals surface area (Å²) >= 11 is 0. The average molecular weight is 329 g/mol. The fourth-order valence-electron chi connectivity index (χ4n) is 2.15. The minimum atomic E-state index is -0.276. The van der Waals surface area contributed by atoms with Gasteiger partial charge in [-0.3, -0.25) is 4.79 Å². The fraction of sp³-hybridized carbons (Fsp3) is 0.0526. The van der Waals surface area contributed by atoms with Crippen molar-refractivity contribution in [2.75, 3.05) is 10.6 Å². The van der Waals surface area contributed by atoms with Crippen LogP contribution in [0.15, 0.2) is 60.9 Å². The van der Waals surface area contributed by atoms with E-state index in [2.05, 4.69) is 26.7 Å². The third-order valence-electron chi connectivity index (χ3n) is 3.47. The number of benzene rings is 2. The number of nitrogens with zero attached hydrogens (tertiary/aromatic N) is 3. The first-order valence-corrected chi connectivity index (χ1v) is 7.61. The van der Waals surface area contributed by atoms with Crippen molar-refractivity contribution in [3.8, 4) is 6.07 Å². The van der Waals surface area contributed by atoms with Crippen LogP contribution in [0.5, 0.6) is 0 Å². The Hall–Kier alpha value is -3.72. The summed E-state index contributed by atoms with van der Waals surface area (Å²) in [5.41, 5.74) is 3.44. The summed E-state index contributed by atoms with van der Waals surface area (Å²) in [7, 11) is 0. The second-order valence-corrected chi connectivity index (χ2v) is 5.43. The Morgan fingerprint density at radius 1 is 1.04 bits per heavy atom. The molecule has 0 aliphatic rings. The number of rotatable bonds is 4. The number of aryl methyl sites for hydroxylation is 1. The number of nitriles is 1. The summed E-state index contributed by atoms with van der Waals surface area (Å²) < 4.78 is 0. The molecule has 0 aliphatic carbocycles. The molecule has 3 aromatic rings. The van der Waals surface area contributed by atoms with Gasteiger partial charge in [-0.15, -0.1) is 0 Å². The molecular formula is C19H15N5O. The van der Waals surface area contributed by atoms with Crippen molar-refractivity contribution >= 4 is 23.2 Å². The number of aromatic nitrogens is 2. The Labute approximate surface area is 145 Å². The van der Waals surface area contributed by atoms with Crippen LogP contribution >= 0.6 is 0 Å². The van der Waals surface area contributed by atoms with Crippen LogP contribution in [0.3, 0.4) is 0 Å². The van der Waals surface area contributed by atoms with Gasteiger partial charge in [-0.05, 0) is 37.3 Å². The van der Waals surface area contributed by atoms with E-state index in [1.807, 2.05) is 37.3 Å². The van der Waals surface area contributed by atoms with Gasteiger partial charge in [0.1, 0.15) is 0 Å². The lowest BCUT2D eigenvalue weighted by Crippen LogP contribution is -2.13. The summed E-state index contributed by atoms with van der Waals surface area (Å²) in [6.45, 7) is 1.98. The molecule has 2 aromatic carbocycles. The summed E-state index contributed by atoms with van der Waals surface area (Å²) in [5.74, 6) is 0.0730. The average Bonchev–Trinajstić information content (AvgIpc) is 2.64. The number of carbonyl (C=O) groups is 1. The van der Waals surface area contributed by atoms with Crippen molar-refractivity contribution < 1.29 is 4.79 Å². The second-order valence-electron chi connectivity index (χ2n) is 5.43. The van der Waals surface area contributed by atoms with E-state index in [9.17, 15) is 4.79 Å². The van der Waals surface area contributed by atoms with Crippen molar-refractivity contribution in [3.05, 3.63) is 77.6 Å². The van der Waals surface area contributed by atoms with Crippen LogP contribution in [-0.4, -0.2) is 15.9 Å². The van der Waals surface area contributed by atoms with Crippen LogP contribution in [0.1, 0.15) is 21.5 Å². The molecule has 0 spiro atoms. The van der Waals surface area contributed by atoms with E-state index in [4.69, 9.17) is 5.26 Å². The minimum absolute atomic E-state index is 0.276. The zero-order valence-electron chi connectivity index (χ0n) is 13.5. The summed E-state index contributed by atoms with van der Waals surface area (Å²) in [6, 6.07) is 16.6. The molecule has 3 rings (SSSR count). The van der Waals surface area contributed by atoms with Gasteiger partial charge in [0.15, 0.2) is 0 Å². The van der Waals surface area contributed by atoms with Crippen LogP contribution < -0.4 is 10.6 Å². The van der Waals surface area contributed by atoms with E-state index in [0.29, 0.717) is 28.5 Å². The van der Waals surface area contributed by atoms with E-state index in [0.717, 1.165) is 5.56 Å². The Morgan fingerprint density at radius 3 is 2.44 bits per heavy atom. The normalized spacial score (nSPS) is 9.92. The number of hydrogen-bond donors (Lipinski definition) is 2. The molecule has 6 heteroatoms. The van der Waals surface area contributed by atoms with Crippen LogP contribution in [0.25, 0.3) is 0 Å². The standard InChI is InChI=1S/C19H15N5O/c1-13-5-7-16(8-6-13)23-18(25)15-11-21-19(22-12-15)24-17-4-2-3-14(9-17)10-20/h2-9,11-12H,1H3,(H,23,25)(H,21,22,24). The predicted octanol–water partition coefficient (Wildman–Crippen LogP) is 3.65. The van der Waals surface area contributed by atoms with Crippen LogP contribution in [0.2, 0.25) is 0 Å². The van der Waals surface area contributed by atoms with Gasteiger partial charge in [0, 0.05) is 23.8 Å². The van der Waals surface area contributed by atoms with Crippen LogP contribution in [0, 0.1) is 18.3 Å². The maximum absolute atomic E-state index is 12.2. The fourth-order valence-corrected chi connectivity index (χ4v) is 2.15. The molecule has 0 unspecified atom stereocenters. The summed E-state index contributed by atoms with van der Waals surface area (Å²) in [5, 5.41) is 14.7. The van der Waals surface area contributed by atoms with Crippen molar-refractivity contribution in [2.45, 2.75) is 6.92 Å². The van der Waals surface area contributed by atoms with Gasteiger partial charge in [0.25, 0.3) is 5.91 Å². The van der Waals surface area contributed by atoms with Gasteiger partial charge in [-0.25, -0.2) is 9.97 Å². The Morgan fingerprint density at radius 2 is 1.76 bits per heavy atom. The molecule has 6 nitrogen and oxygen atoms in total. The van der Waals surface area contributed by atoms with E-state index < -0.39 is 0 Å². The Kier molecular flexibility index (Phi) is 4.67. The van der Waals surface area contributed by atoms with Crippen molar-refractivity contribution in [3.63, 3.8) is 0 Å². The quantitative estimate of drug-likeness (QED) is 0.762. The topological polar surface area (TPSA) is 90.7 Å². The van der Waals surface area contributed by atoms with Crippen LogP contribution in [-0.2, 0) is 0 Å². The second kappa shape index (κ2) is 7.23. The highest BCUT2D eigenvalue weighted by molar-refractivity contribution is 6.03. The predicted molar refractivity (Wildman–Crippen MR) is 95.6 cm³/mol.